The summed E-state index contributed by atoms with van der Waals surface area (Å²) in [6.07, 6.45) is 0. The largest absolute Gasteiger partial charge is 0.497 e. The van der Waals surface area contributed by atoms with E-state index >= 15 is 0 Å². The van der Waals surface area contributed by atoms with Crippen molar-refractivity contribution in [3.8, 4) is 5.75 Å². The number of aromatic nitrogens is 2. The van der Waals surface area contributed by atoms with Crippen molar-refractivity contribution in [1.82, 2.24) is 15.3 Å². The van der Waals surface area contributed by atoms with Crippen molar-refractivity contribution >= 4 is 33.8 Å². The molecule has 2 aromatic heterocycles. The molecule has 112 valence electrons. The first-order chi connectivity index (χ1) is 10.7. The van der Waals surface area contributed by atoms with Crippen LogP contribution in [-0.2, 0) is 0 Å². The lowest BCUT2D eigenvalue weighted by molar-refractivity contribution is 0.212. The first-order valence-electron chi connectivity index (χ1n) is 7.28. The smallest absolute Gasteiger partial charge is 0.222 e. The summed E-state index contributed by atoms with van der Waals surface area (Å²) >= 11 is 0. The topological polar surface area (TPSA) is 89.4 Å². The zero-order chi connectivity index (χ0) is 14.8. The van der Waals surface area contributed by atoms with E-state index in [1.165, 1.54) is 0 Å². The van der Waals surface area contributed by atoms with Crippen molar-refractivity contribution in [2.45, 2.75) is 12.1 Å². The van der Waals surface area contributed by atoms with E-state index in [0.717, 1.165) is 41.1 Å². The zero-order valence-electron chi connectivity index (χ0n) is 12.0. The van der Waals surface area contributed by atoms with E-state index in [1.54, 1.807) is 7.11 Å². The number of anilines is 2. The maximum atomic E-state index is 6.00. The lowest BCUT2D eigenvalue weighted by Gasteiger charge is -2.56. The Morgan fingerprint density at radius 3 is 3.00 bits per heavy atom. The second-order valence-corrected chi connectivity index (χ2v) is 5.78. The lowest BCUT2D eigenvalue weighted by Crippen LogP contribution is -2.78. The second kappa shape index (κ2) is 4.01. The van der Waals surface area contributed by atoms with Crippen molar-refractivity contribution in [1.29, 1.82) is 0 Å². The van der Waals surface area contributed by atoms with Crippen LogP contribution in [0.15, 0.2) is 22.6 Å². The summed E-state index contributed by atoms with van der Waals surface area (Å²) in [4.78, 5) is 11.0. The van der Waals surface area contributed by atoms with Crippen LogP contribution in [0.1, 0.15) is 0 Å². The van der Waals surface area contributed by atoms with Gasteiger partial charge >= 0.3 is 0 Å². The Morgan fingerprint density at radius 2 is 2.32 bits per heavy atom. The van der Waals surface area contributed by atoms with Crippen molar-refractivity contribution in [3.05, 3.63) is 18.2 Å². The number of nitrogens with one attached hydrogen (secondary N) is 1. The molecule has 1 aromatic carbocycles. The fourth-order valence-electron chi connectivity index (χ4n) is 3.30. The normalized spacial score (nSPS) is 23.2. The third kappa shape index (κ3) is 1.43. The van der Waals surface area contributed by atoms with Gasteiger partial charge in [-0.1, -0.05) is 0 Å². The Bertz CT molecular complexity index is 906. The number of furan rings is 1. The van der Waals surface area contributed by atoms with Crippen molar-refractivity contribution < 1.29 is 9.15 Å². The molecule has 3 N–H and O–H groups in total. The summed E-state index contributed by atoms with van der Waals surface area (Å²) in [6.45, 7) is 1.90. The Morgan fingerprint density at radius 1 is 1.41 bits per heavy atom. The Balaban J connectivity index is 1.76. The van der Waals surface area contributed by atoms with Crippen LogP contribution in [0.2, 0.25) is 0 Å². The van der Waals surface area contributed by atoms with Crippen LogP contribution >= 0.6 is 0 Å². The molecule has 2 saturated heterocycles. The van der Waals surface area contributed by atoms with E-state index in [-0.39, 0.29) is 5.95 Å². The average Bonchev–Trinajstić information content (AvgIpc) is 2.87. The van der Waals surface area contributed by atoms with Gasteiger partial charge in [-0.15, -0.1) is 0 Å². The molecule has 0 bridgehead atoms. The third-order valence-electron chi connectivity index (χ3n) is 4.64. The summed E-state index contributed by atoms with van der Waals surface area (Å²) in [5.41, 5.74) is 8.13. The van der Waals surface area contributed by atoms with Gasteiger partial charge < -0.3 is 25.1 Å². The van der Waals surface area contributed by atoms with Crippen LogP contribution in [0.5, 0.6) is 5.75 Å². The minimum Gasteiger partial charge on any atom is -0.497 e. The van der Waals surface area contributed by atoms with Crippen molar-refractivity contribution in [2.24, 2.45) is 0 Å². The number of hydrogen-bond acceptors (Lipinski definition) is 7. The first kappa shape index (κ1) is 12.0. The number of nitrogens with two attached hydrogens (primary N) is 1. The third-order valence-corrected chi connectivity index (χ3v) is 4.64. The Kier molecular flexibility index (Phi) is 2.20. The van der Waals surface area contributed by atoms with E-state index < -0.39 is 0 Å². The Hall–Kier alpha value is -2.54. The highest BCUT2D eigenvalue weighted by molar-refractivity contribution is 6.06. The van der Waals surface area contributed by atoms with Gasteiger partial charge in [0.1, 0.15) is 16.8 Å². The average molecular weight is 297 g/mol. The van der Waals surface area contributed by atoms with Crippen LogP contribution < -0.4 is 20.7 Å². The fourth-order valence-corrected chi connectivity index (χ4v) is 3.30. The van der Waals surface area contributed by atoms with Gasteiger partial charge in [0, 0.05) is 19.1 Å². The van der Waals surface area contributed by atoms with Crippen LogP contribution in [0.25, 0.3) is 22.1 Å². The maximum absolute atomic E-state index is 6.00. The number of rotatable bonds is 2. The molecule has 22 heavy (non-hydrogen) atoms. The zero-order valence-corrected chi connectivity index (χ0v) is 12.0. The van der Waals surface area contributed by atoms with Gasteiger partial charge in [-0.25, -0.2) is 4.98 Å². The molecule has 7 nitrogen and oxygen atoms in total. The standard InChI is InChI=1S/C15H15N5O2/c1-21-7-2-3-11-8(4-7)12-13(22-11)14(19-15(16)18-12)20-6-9-10(20)5-17-9/h2-4,9-10,17H,5-6H2,1H3,(H2,16,18,19)/t9?,10-/m1/s1. The predicted molar refractivity (Wildman–Crippen MR) is 83.2 cm³/mol. The van der Waals surface area contributed by atoms with Gasteiger partial charge in [0.05, 0.1) is 18.5 Å². The first-order valence-corrected chi connectivity index (χ1v) is 7.28. The van der Waals surface area contributed by atoms with E-state index in [4.69, 9.17) is 14.9 Å². The molecule has 2 fully saturated rings. The van der Waals surface area contributed by atoms with Crippen LogP contribution in [-0.4, -0.2) is 42.3 Å². The quantitative estimate of drug-likeness (QED) is 0.732. The number of fused-ring (bicyclic) bond motifs is 4. The van der Waals surface area contributed by atoms with Crippen LogP contribution in [0, 0.1) is 0 Å². The number of methoxy groups -OCH3 is 1. The summed E-state index contributed by atoms with van der Waals surface area (Å²) < 4.78 is 11.3. The molecular formula is C15H15N5O2. The second-order valence-electron chi connectivity index (χ2n) is 5.78. The molecule has 1 unspecified atom stereocenters. The molecule has 3 aromatic rings. The molecule has 7 heteroatoms. The summed E-state index contributed by atoms with van der Waals surface area (Å²) in [7, 11) is 1.64. The number of nitrogen functional groups attached to an aromatic ring is 1. The SMILES string of the molecule is COc1ccc2oc3c(N4CC5NC[C@H]54)nc(N)nc3c2c1. The van der Waals surface area contributed by atoms with Gasteiger partial charge in [0.2, 0.25) is 5.95 Å². The highest BCUT2D eigenvalue weighted by atomic mass is 16.5. The van der Waals surface area contributed by atoms with E-state index in [0.29, 0.717) is 17.7 Å². The van der Waals surface area contributed by atoms with Gasteiger partial charge in [-0.2, -0.15) is 4.98 Å². The van der Waals surface area contributed by atoms with Crippen molar-refractivity contribution in [3.63, 3.8) is 0 Å². The number of piperazine rings is 1. The molecule has 2 aliphatic heterocycles. The number of hydrogen-bond donors (Lipinski definition) is 2. The molecule has 2 atom stereocenters. The van der Waals surface area contributed by atoms with Gasteiger partial charge in [0.15, 0.2) is 11.4 Å². The molecule has 0 aliphatic carbocycles. The van der Waals surface area contributed by atoms with E-state index in [1.807, 2.05) is 18.2 Å². The highest BCUT2D eigenvalue weighted by Gasteiger charge is 2.47. The summed E-state index contributed by atoms with van der Waals surface area (Å²) in [6, 6.07) is 6.73. The van der Waals surface area contributed by atoms with E-state index in [9.17, 15) is 0 Å². The molecule has 5 rings (SSSR count). The predicted octanol–water partition coefficient (Wildman–Crippen LogP) is 1.13. The number of benzene rings is 1. The number of ether oxygens (including phenoxy) is 1. The maximum Gasteiger partial charge on any atom is 0.222 e. The van der Waals surface area contributed by atoms with Crippen molar-refractivity contribution in [2.75, 3.05) is 30.8 Å². The van der Waals surface area contributed by atoms with Crippen LogP contribution in [0.4, 0.5) is 11.8 Å². The monoisotopic (exact) mass is 297 g/mol. The lowest BCUT2D eigenvalue weighted by atomic mass is 9.89. The molecule has 4 heterocycles. The molecule has 0 amide bonds. The minimum absolute atomic E-state index is 0.267. The van der Waals surface area contributed by atoms with Gasteiger partial charge in [-0.05, 0) is 18.2 Å². The Labute approximate surface area is 126 Å². The number of nitrogens with zero attached hydrogens (tertiary/aromatic N) is 3. The minimum atomic E-state index is 0.267. The van der Waals surface area contributed by atoms with Gasteiger partial charge in [-0.3, -0.25) is 0 Å². The highest BCUT2D eigenvalue weighted by Crippen LogP contribution is 2.39. The molecule has 2 aliphatic rings. The van der Waals surface area contributed by atoms with Crippen LogP contribution in [0.3, 0.4) is 0 Å². The summed E-state index contributed by atoms with van der Waals surface area (Å²) in [5.74, 6) is 1.82. The summed E-state index contributed by atoms with van der Waals surface area (Å²) in [5, 5.41) is 4.28. The molecule has 0 radical (unpaired) electrons. The fraction of sp³-hybridized carbons (Fsp3) is 0.333. The van der Waals surface area contributed by atoms with Gasteiger partial charge in [0.25, 0.3) is 0 Å². The molecule has 0 saturated carbocycles. The van der Waals surface area contributed by atoms with E-state index in [2.05, 4.69) is 20.2 Å². The molecular weight excluding hydrogens is 282 g/mol. The molecule has 0 spiro atoms.